The van der Waals surface area contributed by atoms with Gasteiger partial charge in [0.1, 0.15) is 9.74 Å². The molecule has 0 saturated carbocycles. The Morgan fingerprint density at radius 1 is 1.18 bits per heavy atom. The van der Waals surface area contributed by atoms with Gasteiger partial charge in [0.05, 0.1) is 5.54 Å². The lowest BCUT2D eigenvalue weighted by atomic mass is 9.88. The van der Waals surface area contributed by atoms with Gasteiger partial charge in [0.2, 0.25) is 11.8 Å². The molecular weight excluding hydrogens is 615 g/mol. The second-order valence-corrected chi connectivity index (χ2v) is 10.8. The second kappa shape index (κ2) is 10.7. The summed E-state index contributed by atoms with van der Waals surface area (Å²) in [7, 11) is 0. The van der Waals surface area contributed by atoms with Gasteiger partial charge < -0.3 is 37.3 Å². The minimum Gasteiger partial charge on any atom is -0.382 e. The van der Waals surface area contributed by atoms with Crippen molar-refractivity contribution in [3.05, 3.63) is 45.4 Å². The number of aromatic amines is 1. The van der Waals surface area contributed by atoms with Crippen LogP contribution >= 0.6 is 22.6 Å². The molecule has 2 aromatic heterocycles. The number of carbonyl (C=O) groups is 3. The molecule has 1 aromatic carbocycles. The van der Waals surface area contributed by atoms with Crippen LogP contribution in [0.1, 0.15) is 35.8 Å². The summed E-state index contributed by atoms with van der Waals surface area (Å²) in [6.45, 7) is 2.95. The third kappa shape index (κ3) is 5.60. The number of benzene rings is 1. The number of aliphatic imine (C=N–C) groups is 1. The number of carbonyl (C=O) groups excluding carboxylic acids is 3. The summed E-state index contributed by atoms with van der Waals surface area (Å²) in [5.74, 6) is -0.612. The number of amides is 3. The van der Waals surface area contributed by atoms with E-state index in [1.54, 1.807) is 4.90 Å². The number of likely N-dealkylation sites (tertiary alicyclic amines) is 1. The highest BCUT2D eigenvalue weighted by Gasteiger charge is 2.41. The fraction of sp³-hybridized carbons (Fsp3) is 0.360. The number of nitrogens with two attached hydrogens (primary N) is 2. The van der Waals surface area contributed by atoms with Crippen LogP contribution in [0.3, 0.4) is 0 Å². The summed E-state index contributed by atoms with van der Waals surface area (Å²) in [6, 6.07) is 7.20. The topological polar surface area (TPSA) is 197 Å². The molecule has 13 nitrogen and oxygen atoms in total. The number of piperidine rings is 1. The average molecular weight is 644 g/mol. The van der Waals surface area contributed by atoms with Crippen molar-refractivity contribution in [2.45, 2.75) is 37.8 Å². The molecule has 2 fully saturated rings. The van der Waals surface area contributed by atoms with Gasteiger partial charge in [0.15, 0.2) is 23.3 Å². The van der Waals surface area contributed by atoms with Gasteiger partial charge in [-0.05, 0) is 47.1 Å². The number of fused-ring (bicyclic) bond motifs is 1. The van der Waals surface area contributed by atoms with E-state index in [1.165, 1.54) is 6.92 Å². The smallest absolute Gasteiger partial charge is 0.302 e. The van der Waals surface area contributed by atoms with Crippen LogP contribution in [0, 0.1) is 3.70 Å². The van der Waals surface area contributed by atoms with E-state index in [0.29, 0.717) is 48.6 Å². The van der Waals surface area contributed by atoms with Gasteiger partial charge in [-0.25, -0.2) is 9.97 Å². The number of nitrogens with zero attached hydrogens (tertiary/aromatic N) is 4. The van der Waals surface area contributed by atoms with Crippen molar-refractivity contribution in [1.29, 1.82) is 0 Å². The number of rotatable bonds is 5. The molecule has 3 aromatic rings. The summed E-state index contributed by atoms with van der Waals surface area (Å²) in [5, 5.41) is 10.3. The van der Waals surface area contributed by atoms with Crippen molar-refractivity contribution in [3.63, 3.8) is 0 Å². The maximum Gasteiger partial charge on any atom is 0.302 e. The number of para-hydroxylation sites is 1. The van der Waals surface area contributed by atoms with E-state index in [0.717, 1.165) is 16.5 Å². The van der Waals surface area contributed by atoms with Crippen LogP contribution in [0.5, 0.6) is 0 Å². The molecule has 1 spiro atoms. The molecule has 39 heavy (non-hydrogen) atoms. The average Bonchev–Trinajstić information content (AvgIpc) is 3.49. The van der Waals surface area contributed by atoms with E-state index in [2.05, 4.69) is 35.9 Å². The highest BCUT2D eigenvalue weighted by atomic mass is 127. The van der Waals surface area contributed by atoms with E-state index in [-0.39, 0.29) is 34.7 Å². The molecule has 3 amide bonds. The lowest BCUT2D eigenvalue weighted by molar-refractivity contribution is -0.137. The van der Waals surface area contributed by atoms with E-state index in [4.69, 9.17) is 11.5 Å². The predicted molar refractivity (Wildman–Crippen MR) is 155 cm³/mol. The monoisotopic (exact) mass is 644 g/mol. The summed E-state index contributed by atoms with van der Waals surface area (Å²) in [5.41, 5.74) is 13.0. The zero-order valence-electron chi connectivity index (χ0n) is 21.3. The van der Waals surface area contributed by atoms with Crippen molar-refractivity contribution >= 4 is 68.8 Å². The van der Waals surface area contributed by atoms with Gasteiger partial charge in [-0.1, -0.05) is 18.2 Å². The van der Waals surface area contributed by atoms with Gasteiger partial charge in [0, 0.05) is 50.1 Å². The van der Waals surface area contributed by atoms with Gasteiger partial charge >= 0.3 is 5.91 Å². The Hall–Kier alpha value is -3.95. The minimum absolute atomic E-state index is 0.0646. The molecular formula is C25H29IN10O3. The Bertz CT molecular complexity index is 1480. The summed E-state index contributed by atoms with van der Waals surface area (Å²) in [4.78, 5) is 55.3. The largest absolute Gasteiger partial charge is 0.382 e. The maximum absolute atomic E-state index is 13.5. The van der Waals surface area contributed by atoms with Crippen molar-refractivity contribution in [3.8, 4) is 0 Å². The number of nitrogen functional groups attached to an aromatic ring is 2. The van der Waals surface area contributed by atoms with Crippen LogP contribution in [0.15, 0.2) is 35.5 Å². The third-order valence-corrected chi connectivity index (χ3v) is 7.90. The lowest BCUT2D eigenvalue weighted by Gasteiger charge is -2.39. The van der Waals surface area contributed by atoms with Crippen LogP contribution < -0.4 is 27.4 Å². The Labute approximate surface area is 237 Å². The van der Waals surface area contributed by atoms with E-state index >= 15 is 0 Å². The molecule has 204 valence electrons. The van der Waals surface area contributed by atoms with Gasteiger partial charge in [-0.3, -0.25) is 14.4 Å². The molecule has 2 aliphatic heterocycles. The molecule has 14 heteroatoms. The standard InChI is InChI=1S/C25H29IN10O3/c1-13(37)31-17(10-14-11-29-16-5-3-2-4-15(14)16)23(39)36-8-6-25(7-9-36)12-30-24(35-25)34-22(38)18-20(27)33-21(28)19(26)32-18/h2-5,11,17,29H,6-10,12H2,1H3,(H,31,37)(H4,27,28,33)(H2,30,34,35,38)/t17-/m1/s1. The van der Waals surface area contributed by atoms with Crippen molar-refractivity contribution in [2.75, 3.05) is 31.1 Å². The maximum atomic E-state index is 13.5. The van der Waals surface area contributed by atoms with Gasteiger partial charge in [0.25, 0.3) is 0 Å². The number of nitrogens with one attached hydrogen (secondary N) is 4. The molecule has 1 atom stereocenters. The molecule has 8 N–H and O–H groups in total. The Morgan fingerprint density at radius 2 is 1.92 bits per heavy atom. The number of anilines is 2. The Balaban J connectivity index is 1.23. The number of guanidine groups is 1. The molecule has 0 radical (unpaired) electrons. The molecule has 0 aliphatic carbocycles. The fourth-order valence-electron chi connectivity index (χ4n) is 5.06. The third-order valence-electron chi connectivity index (χ3n) is 7.11. The molecule has 2 saturated heterocycles. The van der Waals surface area contributed by atoms with E-state index < -0.39 is 11.9 Å². The van der Waals surface area contributed by atoms with Crippen LogP contribution in [0.4, 0.5) is 11.6 Å². The van der Waals surface area contributed by atoms with Crippen LogP contribution in [-0.4, -0.2) is 74.7 Å². The van der Waals surface area contributed by atoms with Crippen molar-refractivity contribution in [2.24, 2.45) is 4.99 Å². The fourth-order valence-corrected chi connectivity index (χ4v) is 5.42. The van der Waals surface area contributed by atoms with Gasteiger partial charge in [-0.2, -0.15) is 4.99 Å². The first-order chi connectivity index (χ1) is 18.6. The number of hydrogen-bond donors (Lipinski definition) is 6. The molecule has 0 bridgehead atoms. The highest BCUT2D eigenvalue weighted by Crippen LogP contribution is 2.26. The number of halogens is 1. The number of H-pyrrole nitrogens is 1. The first-order valence-corrected chi connectivity index (χ1v) is 13.6. The highest BCUT2D eigenvalue weighted by molar-refractivity contribution is 14.1. The SMILES string of the molecule is CC(=O)N[C@H](Cc1c[nH]c2ccccc12)C(=O)N1CCC2(CC1)CN/C(=N\C(=O)c1nc(I)c(N)nc1N)N2. The molecule has 5 rings (SSSR count). The molecule has 2 aliphatic rings. The van der Waals surface area contributed by atoms with Crippen molar-refractivity contribution < 1.29 is 14.4 Å². The van der Waals surface area contributed by atoms with Crippen LogP contribution in [-0.2, 0) is 16.0 Å². The second-order valence-electron chi connectivity index (χ2n) is 9.80. The summed E-state index contributed by atoms with van der Waals surface area (Å²) in [6.07, 6.45) is 3.55. The lowest BCUT2D eigenvalue weighted by Crippen LogP contribution is -2.57. The first-order valence-electron chi connectivity index (χ1n) is 12.5. The van der Waals surface area contributed by atoms with Crippen molar-refractivity contribution in [1.82, 2.24) is 35.8 Å². The Kier molecular flexibility index (Phi) is 7.29. The zero-order chi connectivity index (χ0) is 27.7. The molecule has 0 unspecified atom stereocenters. The van der Waals surface area contributed by atoms with Gasteiger partial charge in [-0.15, -0.1) is 0 Å². The summed E-state index contributed by atoms with van der Waals surface area (Å²) < 4.78 is 0.369. The number of hydrogen-bond acceptors (Lipinski definition) is 7. The normalized spacial score (nSPS) is 18.1. The van der Waals surface area contributed by atoms with Crippen LogP contribution in [0.2, 0.25) is 0 Å². The molecule has 4 heterocycles. The zero-order valence-corrected chi connectivity index (χ0v) is 23.4. The van der Waals surface area contributed by atoms with E-state index in [9.17, 15) is 14.4 Å². The first kappa shape index (κ1) is 26.6. The minimum atomic E-state index is -0.672. The summed E-state index contributed by atoms with van der Waals surface area (Å²) >= 11 is 1.88. The van der Waals surface area contributed by atoms with E-state index in [1.807, 2.05) is 53.1 Å². The van der Waals surface area contributed by atoms with Crippen LogP contribution in [0.25, 0.3) is 10.9 Å². The number of aromatic nitrogens is 3. The quantitative estimate of drug-likeness (QED) is 0.215. The Morgan fingerprint density at radius 3 is 2.67 bits per heavy atom. The predicted octanol–water partition coefficient (Wildman–Crippen LogP) is 0.525.